The van der Waals surface area contributed by atoms with Gasteiger partial charge in [0, 0.05) is 29.6 Å². The number of anilines is 1. The first kappa shape index (κ1) is 19.7. The Hall–Kier alpha value is -3.26. The van der Waals surface area contributed by atoms with Crippen LogP contribution in [0, 0.1) is 0 Å². The average molecular weight is 483 g/mol. The summed E-state index contributed by atoms with van der Waals surface area (Å²) in [4.78, 5) is 28.0. The highest BCUT2D eigenvalue weighted by atomic mass is 79.9. The number of nitrogens with zero attached hydrogens (tertiary/aromatic N) is 1. The van der Waals surface area contributed by atoms with Gasteiger partial charge in [-0.25, -0.2) is 0 Å². The number of hydrogen-bond donors (Lipinski definition) is 1. The molecule has 2 aromatic carbocycles. The molecule has 31 heavy (non-hydrogen) atoms. The predicted octanol–water partition coefficient (Wildman–Crippen LogP) is 4.02. The molecule has 1 N–H and O–H groups in total. The van der Waals surface area contributed by atoms with Gasteiger partial charge in [0.2, 0.25) is 5.91 Å². The van der Waals surface area contributed by atoms with E-state index >= 15 is 0 Å². The molecule has 0 saturated carbocycles. The van der Waals surface area contributed by atoms with Crippen molar-refractivity contribution in [2.24, 2.45) is 0 Å². The molecular formula is C23H19BrN2O5. The number of halogens is 1. The Morgan fingerprint density at radius 3 is 2.48 bits per heavy atom. The number of carbonyl (C=O) groups is 2. The van der Waals surface area contributed by atoms with Crippen molar-refractivity contribution in [2.45, 2.75) is 19.0 Å². The fraction of sp³-hybridized carbons (Fsp3) is 0.217. The molecule has 2 amide bonds. The summed E-state index contributed by atoms with van der Waals surface area (Å²) in [7, 11) is 0. The second-order valence-electron chi connectivity index (χ2n) is 7.36. The van der Waals surface area contributed by atoms with Crippen molar-refractivity contribution in [2.75, 3.05) is 18.5 Å². The SMILES string of the molecule is O=C(Nc1cc2c(cc1Br)OCCO2)C1Cc2ccccc2CN1C(=O)c1ccco1. The number of rotatable bonds is 3. The number of furan rings is 1. The first-order valence-electron chi connectivity index (χ1n) is 9.91. The Balaban J connectivity index is 1.45. The number of benzene rings is 2. The summed E-state index contributed by atoms with van der Waals surface area (Å²) in [5, 5.41) is 2.95. The van der Waals surface area contributed by atoms with Crippen LogP contribution < -0.4 is 14.8 Å². The zero-order valence-corrected chi connectivity index (χ0v) is 18.1. The third-order valence-corrected chi connectivity index (χ3v) is 6.09. The Bertz CT molecular complexity index is 1140. The molecule has 0 saturated heterocycles. The molecule has 1 unspecified atom stereocenters. The molecular weight excluding hydrogens is 464 g/mol. The zero-order chi connectivity index (χ0) is 21.4. The summed E-state index contributed by atoms with van der Waals surface area (Å²) in [6, 6.07) is 13.9. The van der Waals surface area contributed by atoms with Crippen LogP contribution in [-0.2, 0) is 17.8 Å². The lowest BCUT2D eigenvalue weighted by Gasteiger charge is -2.35. The quantitative estimate of drug-likeness (QED) is 0.609. The highest BCUT2D eigenvalue weighted by Crippen LogP contribution is 2.38. The van der Waals surface area contributed by atoms with Crippen molar-refractivity contribution in [3.8, 4) is 11.5 Å². The third kappa shape index (κ3) is 3.79. The standard InChI is InChI=1S/C23H19BrN2O5/c24-16-11-20-21(31-9-8-30-20)12-17(16)25-22(27)18-10-14-4-1-2-5-15(14)13-26(18)23(28)19-6-3-7-29-19/h1-7,11-12,18H,8-10,13H2,(H,25,27). The molecule has 0 radical (unpaired) electrons. The van der Waals surface area contributed by atoms with Crippen LogP contribution in [0.4, 0.5) is 5.69 Å². The van der Waals surface area contributed by atoms with E-state index in [4.69, 9.17) is 13.9 Å². The van der Waals surface area contributed by atoms with Gasteiger partial charge in [-0.3, -0.25) is 9.59 Å². The topological polar surface area (TPSA) is 81.0 Å². The van der Waals surface area contributed by atoms with Gasteiger partial charge >= 0.3 is 0 Å². The maximum absolute atomic E-state index is 13.4. The molecule has 5 rings (SSSR count). The molecule has 8 heteroatoms. The van der Waals surface area contributed by atoms with Crippen LogP contribution in [0.5, 0.6) is 11.5 Å². The Labute approximate surface area is 187 Å². The Kier molecular flexibility index (Phi) is 5.15. The van der Waals surface area contributed by atoms with E-state index in [0.29, 0.717) is 47.8 Å². The van der Waals surface area contributed by atoms with Gasteiger partial charge in [-0.1, -0.05) is 24.3 Å². The van der Waals surface area contributed by atoms with E-state index in [9.17, 15) is 9.59 Å². The third-order valence-electron chi connectivity index (χ3n) is 5.43. The Morgan fingerprint density at radius 1 is 1.00 bits per heavy atom. The van der Waals surface area contributed by atoms with Gasteiger partial charge < -0.3 is 24.1 Å². The lowest BCUT2D eigenvalue weighted by molar-refractivity contribution is -0.121. The molecule has 3 aromatic rings. The van der Waals surface area contributed by atoms with E-state index in [-0.39, 0.29) is 17.6 Å². The highest BCUT2D eigenvalue weighted by molar-refractivity contribution is 9.10. The summed E-state index contributed by atoms with van der Waals surface area (Å²) in [5.74, 6) is 0.796. The van der Waals surface area contributed by atoms with Gasteiger partial charge in [0.25, 0.3) is 5.91 Å². The number of hydrogen-bond acceptors (Lipinski definition) is 5. The van der Waals surface area contributed by atoms with Crippen LogP contribution in [0.2, 0.25) is 0 Å². The van der Waals surface area contributed by atoms with E-state index in [2.05, 4.69) is 21.2 Å². The maximum Gasteiger partial charge on any atom is 0.290 e. The van der Waals surface area contributed by atoms with Crippen LogP contribution in [-0.4, -0.2) is 36.0 Å². The number of ether oxygens (including phenoxy) is 2. The lowest BCUT2D eigenvalue weighted by atomic mass is 9.93. The molecule has 3 heterocycles. The molecule has 0 fully saturated rings. The molecule has 7 nitrogen and oxygen atoms in total. The smallest absolute Gasteiger partial charge is 0.290 e. The molecule has 2 aliphatic heterocycles. The summed E-state index contributed by atoms with van der Waals surface area (Å²) in [6.45, 7) is 1.26. The summed E-state index contributed by atoms with van der Waals surface area (Å²) in [5.41, 5.74) is 2.62. The van der Waals surface area contributed by atoms with Crippen LogP contribution in [0.25, 0.3) is 0 Å². The minimum Gasteiger partial charge on any atom is -0.486 e. The lowest BCUT2D eigenvalue weighted by Crippen LogP contribution is -2.50. The van der Waals surface area contributed by atoms with Gasteiger partial charge in [-0.2, -0.15) is 0 Å². The van der Waals surface area contributed by atoms with Gasteiger partial charge in [0.05, 0.1) is 12.0 Å². The number of carbonyl (C=O) groups excluding carboxylic acids is 2. The highest BCUT2D eigenvalue weighted by Gasteiger charge is 2.36. The second kappa shape index (κ2) is 8.11. The Morgan fingerprint density at radius 2 is 1.74 bits per heavy atom. The minimum atomic E-state index is -0.687. The van der Waals surface area contributed by atoms with E-state index in [1.54, 1.807) is 29.2 Å². The molecule has 1 atom stereocenters. The summed E-state index contributed by atoms with van der Waals surface area (Å²) in [6.07, 6.45) is 1.86. The van der Waals surface area contributed by atoms with Crippen molar-refractivity contribution in [1.29, 1.82) is 0 Å². The van der Waals surface area contributed by atoms with Crippen LogP contribution in [0.1, 0.15) is 21.7 Å². The van der Waals surface area contributed by atoms with E-state index in [1.165, 1.54) is 6.26 Å². The molecule has 1 aromatic heterocycles. The molecule has 0 bridgehead atoms. The molecule has 158 valence electrons. The van der Waals surface area contributed by atoms with Crippen LogP contribution in [0.15, 0.2) is 63.7 Å². The van der Waals surface area contributed by atoms with Crippen molar-refractivity contribution in [3.63, 3.8) is 0 Å². The van der Waals surface area contributed by atoms with Gasteiger partial charge in [-0.05, 0) is 39.2 Å². The molecule has 2 aliphatic rings. The van der Waals surface area contributed by atoms with E-state index < -0.39 is 6.04 Å². The van der Waals surface area contributed by atoms with Crippen LogP contribution in [0.3, 0.4) is 0 Å². The minimum absolute atomic E-state index is 0.206. The van der Waals surface area contributed by atoms with Gasteiger partial charge in [0.1, 0.15) is 19.3 Å². The monoisotopic (exact) mass is 482 g/mol. The fourth-order valence-electron chi connectivity index (χ4n) is 3.89. The van der Waals surface area contributed by atoms with E-state index in [1.807, 2.05) is 24.3 Å². The maximum atomic E-state index is 13.4. The first-order valence-corrected chi connectivity index (χ1v) is 10.7. The van der Waals surface area contributed by atoms with Crippen LogP contribution >= 0.6 is 15.9 Å². The molecule has 0 aliphatic carbocycles. The number of amides is 2. The molecule has 0 spiro atoms. The van der Waals surface area contributed by atoms with Crippen molar-refractivity contribution in [3.05, 3.63) is 76.2 Å². The van der Waals surface area contributed by atoms with Crippen molar-refractivity contribution < 1.29 is 23.5 Å². The van der Waals surface area contributed by atoms with Crippen molar-refractivity contribution in [1.82, 2.24) is 4.90 Å². The zero-order valence-electron chi connectivity index (χ0n) is 16.5. The average Bonchev–Trinajstić information content (AvgIpc) is 3.33. The van der Waals surface area contributed by atoms with Gasteiger partial charge in [-0.15, -0.1) is 0 Å². The number of fused-ring (bicyclic) bond motifs is 2. The number of nitrogens with one attached hydrogen (secondary N) is 1. The summed E-state index contributed by atoms with van der Waals surface area (Å²) >= 11 is 3.48. The van der Waals surface area contributed by atoms with E-state index in [0.717, 1.165) is 11.1 Å². The first-order chi connectivity index (χ1) is 15.1. The van der Waals surface area contributed by atoms with Gasteiger partial charge in [0.15, 0.2) is 17.3 Å². The predicted molar refractivity (Wildman–Crippen MR) is 116 cm³/mol. The van der Waals surface area contributed by atoms with Crippen molar-refractivity contribution >= 4 is 33.4 Å². The normalized spacial score (nSPS) is 17.1. The summed E-state index contributed by atoms with van der Waals surface area (Å²) < 4.78 is 17.2. The largest absolute Gasteiger partial charge is 0.486 e. The fourth-order valence-corrected chi connectivity index (χ4v) is 4.31. The second-order valence-corrected chi connectivity index (χ2v) is 8.22.